The highest BCUT2D eigenvalue weighted by Gasteiger charge is 2.25. The fraction of sp³-hybridized carbons (Fsp3) is 0.385. The van der Waals surface area contributed by atoms with Gasteiger partial charge in [0.25, 0.3) is 0 Å². The molecule has 31 heavy (non-hydrogen) atoms. The topological polar surface area (TPSA) is 30.9 Å². The van der Waals surface area contributed by atoms with Crippen LogP contribution in [-0.2, 0) is 17.8 Å². The quantitative estimate of drug-likeness (QED) is 0.522. The highest BCUT2D eigenvalue weighted by Crippen LogP contribution is 2.40. The van der Waals surface area contributed by atoms with Gasteiger partial charge in [-0.3, -0.25) is 4.90 Å². The summed E-state index contributed by atoms with van der Waals surface area (Å²) in [7, 11) is 0. The van der Waals surface area contributed by atoms with Crippen LogP contribution in [0, 0.1) is 13.8 Å². The lowest BCUT2D eigenvalue weighted by molar-refractivity contribution is 0.137. The van der Waals surface area contributed by atoms with Gasteiger partial charge in [0.2, 0.25) is 0 Å². The molecule has 0 aliphatic carbocycles. The third-order valence-corrected chi connectivity index (χ3v) is 7.16. The highest BCUT2D eigenvalue weighted by atomic mass is 32.1. The first-order valence-electron chi connectivity index (χ1n) is 11.0. The molecule has 0 N–H and O–H groups in total. The molecule has 0 spiro atoms. The monoisotopic (exact) mass is 435 g/mol. The second-order valence-corrected chi connectivity index (χ2v) is 9.47. The van der Waals surface area contributed by atoms with Crippen molar-refractivity contribution in [3.05, 3.63) is 69.4 Å². The number of rotatable bonds is 5. The Morgan fingerprint density at radius 1 is 1.10 bits per heavy atom. The van der Waals surface area contributed by atoms with Gasteiger partial charge in [0.15, 0.2) is 11.5 Å². The van der Waals surface area contributed by atoms with Crippen molar-refractivity contribution >= 4 is 11.3 Å². The molecule has 162 valence electrons. The van der Waals surface area contributed by atoms with E-state index >= 15 is 0 Å². The molecule has 0 amide bonds. The van der Waals surface area contributed by atoms with Gasteiger partial charge in [0, 0.05) is 36.5 Å². The summed E-state index contributed by atoms with van der Waals surface area (Å²) in [5.74, 6) is 1.75. The van der Waals surface area contributed by atoms with Crippen molar-refractivity contribution in [1.29, 1.82) is 0 Å². The van der Waals surface area contributed by atoms with Gasteiger partial charge in [-0.1, -0.05) is 24.3 Å². The van der Waals surface area contributed by atoms with Crippen molar-refractivity contribution in [2.45, 2.75) is 39.5 Å². The summed E-state index contributed by atoms with van der Waals surface area (Å²) in [6, 6.07) is 15.2. The molecule has 3 heterocycles. The van der Waals surface area contributed by atoms with Crippen molar-refractivity contribution in [3.8, 4) is 22.6 Å². The van der Waals surface area contributed by atoms with E-state index in [1.165, 1.54) is 32.7 Å². The van der Waals surface area contributed by atoms with Gasteiger partial charge in [0.1, 0.15) is 12.7 Å². The first-order chi connectivity index (χ1) is 15.2. The minimum absolute atomic E-state index is 0.0907. The zero-order valence-electron chi connectivity index (χ0n) is 18.2. The molecular weight excluding hydrogens is 406 g/mol. The SMILES string of the molecule is Cc1ccccc1-c1cc2c(c(OC3CCOC3)c1)OCCN(Cc1sccc1C)C2. The van der Waals surface area contributed by atoms with E-state index in [0.29, 0.717) is 13.2 Å². The van der Waals surface area contributed by atoms with Crippen molar-refractivity contribution in [3.63, 3.8) is 0 Å². The van der Waals surface area contributed by atoms with Crippen molar-refractivity contribution in [1.82, 2.24) is 4.90 Å². The van der Waals surface area contributed by atoms with E-state index in [1.54, 1.807) is 0 Å². The Labute approximate surface area is 188 Å². The first-order valence-corrected chi connectivity index (χ1v) is 11.9. The molecule has 2 aromatic carbocycles. The van der Waals surface area contributed by atoms with Gasteiger partial charge in [-0.05, 0) is 59.7 Å². The largest absolute Gasteiger partial charge is 0.488 e. The number of nitrogens with zero attached hydrogens (tertiary/aromatic N) is 1. The smallest absolute Gasteiger partial charge is 0.165 e. The molecule has 0 radical (unpaired) electrons. The van der Waals surface area contributed by atoms with Crippen LogP contribution in [0.5, 0.6) is 11.5 Å². The summed E-state index contributed by atoms with van der Waals surface area (Å²) in [5, 5.41) is 2.18. The average Bonchev–Trinajstić information content (AvgIpc) is 3.36. The second-order valence-electron chi connectivity index (χ2n) is 8.47. The van der Waals surface area contributed by atoms with E-state index in [4.69, 9.17) is 14.2 Å². The molecule has 1 atom stereocenters. The van der Waals surface area contributed by atoms with Gasteiger partial charge < -0.3 is 14.2 Å². The van der Waals surface area contributed by atoms with Gasteiger partial charge >= 0.3 is 0 Å². The molecule has 5 rings (SSSR count). The number of aryl methyl sites for hydroxylation is 2. The van der Waals surface area contributed by atoms with E-state index < -0.39 is 0 Å². The van der Waals surface area contributed by atoms with E-state index in [0.717, 1.165) is 44.2 Å². The molecule has 1 unspecified atom stereocenters. The fourth-order valence-corrected chi connectivity index (χ4v) is 5.31. The Morgan fingerprint density at radius 2 is 2.00 bits per heavy atom. The number of hydrogen-bond donors (Lipinski definition) is 0. The van der Waals surface area contributed by atoms with Gasteiger partial charge in [0.05, 0.1) is 13.2 Å². The van der Waals surface area contributed by atoms with Crippen LogP contribution in [0.1, 0.15) is 28.0 Å². The van der Waals surface area contributed by atoms with Crippen molar-refractivity contribution < 1.29 is 14.2 Å². The maximum atomic E-state index is 6.43. The third-order valence-electron chi connectivity index (χ3n) is 6.15. The van der Waals surface area contributed by atoms with Crippen LogP contribution in [0.3, 0.4) is 0 Å². The predicted octanol–water partition coefficient (Wildman–Crippen LogP) is 5.59. The van der Waals surface area contributed by atoms with E-state index in [2.05, 4.69) is 66.6 Å². The Hall–Kier alpha value is -2.34. The van der Waals surface area contributed by atoms with Crippen LogP contribution in [0.25, 0.3) is 11.1 Å². The minimum Gasteiger partial charge on any atom is -0.488 e. The fourth-order valence-electron chi connectivity index (χ4n) is 4.37. The lowest BCUT2D eigenvalue weighted by Crippen LogP contribution is -2.25. The van der Waals surface area contributed by atoms with Crippen LogP contribution in [-0.4, -0.2) is 37.4 Å². The number of hydrogen-bond acceptors (Lipinski definition) is 5. The zero-order chi connectivity index (χ0) is 21.2. The molecule has 4 nitrogen and oxygen atoms in total. The first kappa shape index (κ1) is 20.6. The Morgan fingerprint density at radius 3 is 2.77 bits per heavy atom. The normalized spacial score (nSPS) is 19.0. The molecule has 2 aliphatic heterocycles. The van der Waals surface area contributed by atoms with Gasteiger partial charge in [-0.15, -0.1) is 11.3 Å². The van der Waals surface area contributed by atoms with Crippen molar-refractivity contribution in [2.24, 2.45) is 0 Å². The van der Waals surface area contributed by atoms with Crippen LogP contribution in [0.2, 0.25) is 0 Å². The lowest BCUT2D eigenvalue weighted by atomic mass is 9.97. The lowest BCUT2D eigenvalue weighted by Gasteiger charge is -2.21. The predicted molar refractivity (Wildman–Crippen MR) is 125 cm³/mol. The van der Waals surface area contributed by atoms with Gasteiger partial charge in [-0.25, -0.2) is 0 Å². The van der Waals surface area contributed by atoms with Crippen LogP contribution in [0.15, 0.2) is 47.8 Å². The summed E-state index contributed by atoms with van der Waals surface area (Å²) in [6.45, 7) is 9.13. The Kier molecular flexibility index (Phi) is 5.99. The van der Waals surface area contributed by atoms with E-state index in [-0.39, 0.29) is 6.10 Å². The molecule has 0 bridgehead atoms. The summed E-state index contributed by atoms with van der Waals surface area (Å²) >= 11 is 1.84. The molecule has 2 aliphatic rings. The molecule has 1 fully saturated rings. The number of thiophene rings is 1. The molecule has 0 saturated carbocycles. The average molecular weight is 436 g/mol. The summed E-state index contributed by atoms with van der Waals surface area (Å²) in [4.78, 5) is 3.91. The minimum atomic E-state index is 0.0907. The summed E-state index contributed by atoms with van der Waals surface area (Å²) < 4.78 is 18.3. The van der Waals surface area contributed by atoms with E-state index in [1.807, 2.05) is 11.3 Å². The summed E-state index contributed by atoms with van der Waals surface area (Å²) in [6.07, 6.45) is 1.01. The summed E-state index contributed by atoms with van der Waals surface area (Å²) in [5.41, 5.74) is 6.25. The number of fused-ring (bicyclic) bond motifs is 1. The van der Waals surface area contributed by atoms with Crippen LogP contribution < -0.4 is 9.47 Å². The van der Waals surface area contributed by atoms with Crippen molar-refractivity contribution in [2.75, 3.05) is 26.4 Å². The molecule has 1 aromatic heterocycles. The van der Waals surface area contributed by atoms with E-state index in [9.17, 15) is 0 Å². The van der Waals surface area contributed by atoms with Gasteiger partial charge in [-0.2, -0.15) is 0 Å². The molecule has 5 heteroatoms. The maximum Gasteiger partial charge on any atom is 0.165 e. The molecule has 3 aromatic rings. The zero-order valence-corrected chi connectivity index (χ0v) is 19.0. The third kappa shape index (κ3) is 4.49. The molecule has 1 saturated heterocycles. The number of ether oxygens (including phenoxy) is 3. The maximum absolute atomic E-state index is 6.43. The van der Waals surface area contributed by atoms with Crippen LogP contribution in [0.4, 0.5) is 0 Å². The Balaban J connectivity index is 1.51. The molecular formula is C26H29NO3S. The Bertz CT molecular complexity index is 1050. The standard InChI is InChI=1S/C26H29NO3S/c1-18-5-3-4-6-23(18)20-13-21-15-27(16-25-19(2)8-12-31-25)9-11-29-26(21)24(14-20)30-22-7-10-28-17-22/h3-6,8,12-14,22H,7,9-11,15-17H2,1-2H3. The number of benzene rings is 2. The highest BCUT2D eigenvalue weighted by molar-refractivity contribution is 7.10. The second kappa shape index (κ2) is 9.03. The van der Waals surface area contributed by atoms with Crippen LogP contribution >= 0.6 is 11.3 Å².